The van der Waals surface area contributed by atoms with Gasteiger partial charge in [-0.05, 0) is 47.9 Å². The molecule has 1 aliphatic rings. The second-order valence-electron chi connectivity index (χ2n) is 7.47. The Hall–Kier alpha value is -2.59. The number of nitrogens with zero attached hydrogens (tertiary/aromatic N) is 2. The van der Waals surface area contributed by atoms with Crippen molar-refractivity contribution in [3.8, 4) is 0 Å². The molecule has 3 rings (SSSR count). The number of aryl methyl sites for hydroxylation is 1. The molecular weight excluding hydrogens is 411 g/mol. The number of urea groups is 1. The minimum absolute atomic E-state index is 0.0361. The normalized spacial score (nSPS) is 15.8. The maximum Gasteiger partial charge on any atom is 0.331 e. The zero-order valence-corrected chi connectivity index (χ0v) is 17.9. The van der Waals surface area contributed by atoms with E-state index in [1.807, 2.05) is 13.8 Å². The predicted molar refractivity (Wildman–Crippen MR) is 110 cm³/mol. The highest BCUT2D eigenvalue weighted by Crippen LogP contribution is 2.37. The maximum absolute atomic E-state index is 14.3. The number of amides is 2. The number of benzene rings is 1. The van der Waals surface area contributed by atoms with Gasteiger partial charge in [-0.15, -0.1) is 0 Å². The first kappa shape index (κ1) is 22.1. The van der Waals surface area contributed by atoms with E-state index in [1.165, 1.54) is 29.9 Å². The van der Waals surface area contributed by atoms with Crippen molar-refractivity contribution in [3.63, 3.8) is 0 Å². The van der Waals surface area contributed by atoms with Crippen LogP contribution in [0.1, 0.15) is 60.1 Å². The van der Waals surface area contributed by atoms with Crippen LogP contribution in [-0.2, 0) is 22.8 Å². The molecule has 1 aromatic carbocycles. The molecule has 1 unspecified atom stereocenters. The van der Waals surface area contributed by atoms with Crippen molar-refractivity contribution in [2.24, 2.45) is 7.05 Å². The summed E-state index contributed by atoms with van der Waals surface area (Å²) in [6.45, 7) is 4.98. The second kappa shape index (κ2) is 9.48. The number of nitrogens with one attached hydrogen (secondary N) is 2. The number of halogens is 1. The number of aromatic nitrogens is 2. The monoisotopic (exact) mass is 436 g/mol. The van der Waals surface area contributed by atoms with E-state index in [9.17, 15) is 18.2 Å². The van der Waals surface area contributed by atoms with Crippen LogP contribution in [0.5, 0.6) is 0 Å². The molecule has 1 aliphatic heterocycles. The van der Waals surface area contributed by atoms with E-state index in [1.54, 1.807) is 0 Å². The Morgan fingerprint density at radius 1 is 1.33 bits per heavy atom. The summed E-state index contributed by atoms with van der Waals surface area (Å²) in [5.74, 6) is -0.339. The quantitative estimate of drug-likeness (QED) is 0.677. The van der Waals surface area contributed by atoms with E-state index in [2.05, 4.69) is 15.1 Å². The van der Waals surface area contributed by atoms with Crippen LogP contribution in [0.3, 0.4) is 0 Å². The first-order chi connectivity index (χ1) is 14.3. The van der Waals surface area contributed by atoms with Crippen LogP contribution >= 0.6 is 0 Å². The molecular formula is C20H25FN4O4S. The molecule has 8 nitrogen and oxygen atoms in total. The van der Waals surface area contributed by atoms with E-state index in [4.69, 9.17) is 4.74 Å². The van der Waals surface area contributed by atoms with Gasteiger partial charge in [0.2, 0.25) is 0 Å². The number of carbonyl (C=O) groups excluding carboxylic acids is 2. The zero-order valence-electron chi connectivity index (χ0n) is 17.1. The van der Waals surface area contributed by atoms with E-state index < -0.39 is 17.0 Å². The highest BCUT2D eigenvalue weighted by atomic mass is 32.2. The molecule has 0 saturated carbocycles. The fourth-order valence-electron chi connectivity index (χ4n) is 3.51. The first-order valence-corrected chi connectivity index (χ1v) is 10.8. The van der Waals surface area contributed by atoms with Crippen LogP contribution in [0.25, 0.3) is 0 Å². The molecule has 1 saturated heterocycles. The molecule has 0 radical (unpaired) electrons. The summed E-state index contributed by atoms with van der Waals surface area (Å²) in [5, 5.41) is 6.79. The van der Waals surface area contributed by atoms with Crippen molar-refractivity contribution in [2.45, 2.75) is 43.6 Å². The summed E-state index contributed by atoms with van der Waals surface area (Å²) in [7, 11) is -0.418. The summed E-state index contributed by atoms with van der Waals surface area (Å²) in [5.41, 5.74) is 2.15. The standard InChI is InChI=1S/C20H25FN4O4S/c1-12(2)16-8-14(21)9-17(13-4-6-29-7-5-13)19(16)22-20(27)24-30(28)18-10-15(11-26)25(3)23-18/h8-13H,4-7H2,1-3H3,(H2,22,24,27). The van der Waals surface area contributed by atoms with Gasteiger partial charge in [-0.2, -0.15) is 5.10 Å². The fourth-order valence-corrected chi connectivity index (χ4v) is 4.26. The lowest BCUT2D eigenvalue weighted by Gasteiger charge is -2.27. The third-order valence-electron chi connectivity index (χ3n) is 5.08. The van der Waals surface area contributed by atoms with Gasteiger partial charge < -0.3 is 10.1 Å². The van der Waals surface area contributed by atoms with Gasteiger partial charge in [-0.3, -0.25) is 14.2 Å². The number of hydrogen-bond donors (Lipinski definition) is 2. The lowest BCUT2D eigenvalue weighted by Crippen LogP contribution is -2.32. The molecule has 10 heteroatoms. The lowest BCUT2D eigenvalue weighted by atomic mass is 9.86. The Morgan fingerprint density at radius 2 is 2.03 bits per heavy atom. The number of rotatable bonds is 6. The zero-order chi connectivity index (χ0) is 21.8. The van der Waals surface area contributed by atoms with Crippen LogP contribution in [0.4, 0.5) is 14.9 Å². The van der Waals surface area contributed by atoms with E-state index >= 15 is 0 Å². The summed E-state index contributed by atoms with van der Waals surface area (Å²) in [4.78, 5) is 23.6. The molecule has 2 aromatic rings. The van der Waals surface area contributed by atoms with Crippen molar-refractivity contribution in [1.82, 2.24) is 14.5 Å². The Bertz CT molecular complexity index is 970. The van der Waals surface area contributed by atoms with E-state index in [0.29, 0.717) is 36.3 Å². The molecule has 0 aliphatic carbocycles. The topological polar surface area (TPSA) is 102 Å². The predicted octanol–water partition coefficient (Wildman–Crippen LogP) is 3.23. The minimum Gasteiger partial charge on any atom is -0.381 e. The highest BCUT2D eigenvalue weighted by Gasteiger charge is 2.24. The third kappa shape index (κ3) is 4.93. The minimum atomic E-state index is -1.96. The molecule has 2 heterocycles. The largest absolute Gasteiger partial charge is 0.381 e. The van der Waals surface area contributed by atoms with Gasteiger partial charge >= 0.3 is 6.03 Å². The second-order valence-corrected chi connectivity index (χ2v) is 8.63. The Balaban J connectivity index is 1.85. The van der Waals surface area contributed by atoms with Gasteiger partial charge in [0, 0.05) is 32.0 Å². The molecule has 0 bridgehead atoms. The van der Waals surface area contributed by atoms with Crippen molar-refractivity contribution in [2.75, 3.05) is 18.5 Å². The smallest absolute Gasteiger partial charge is 0.331 e. The molecule has 1 fully saturated rings. The molecule has 30 heavy (non-hydrogen) atoms. The van der Waals surface area contributed by atoms with Crippen LogP contribution in [0.15, 0.2) is 23.2 Å². The van der Waals surface area contributed by atoms with Crippen LogP contribution in [0, 0.1) is 5.82 Å². The average molecular weight is 437 g/mol. The Kier molecular flexibility index (Phi) is 6.99. The average Bonchev–Trinajstić information content (AvgIpc) is 3.10. The van der Waals surface area contributed by atoms with Crippen LogP contribution in [-0.4, -0.2) is 39.5 Å². The highest BCUT2D eigenvalue weighted by molar-refractivity contribution is 7.83. The van der Waals surface area contributed by atoms with Crippen molar-refractivity contribution in [1.29, 1.82) is 0 Å². The lowest BCUT2D eigenvalue weighted by molar-refractivity contribution is 0.0854. The summed E-state index contributed by atoms with van der Waals surface area (Å²) in [6.07, 6.45) is 2.04. The number of ether oxygens (including phenoxy) is 1. The molecule has 2 N–H and O–H groups in total. The third-order valence-corrected chi connectivity index (χ3v) is 6.03. The SMILES string of the molecule is CC(C)c1cc(F)cc(C2CCOCC2)c1NC(=O)NS(=O)c1cc(C=O)n(C)n1. The van der Waals surface area contributed by atoms with Gasteiger partial charge in [0.15, 0.2) is 22.3 Å². The molecule has 1 aromatic heterocycles. The van der Waals surface area contributed by atoms with E-state index in [0.717, 1.165) is 12.8 Å². The summed E-state index contributed by atoms with van der Waals surface area (Å²) < 4.78 is 35.8. The number of aldehydes is 1. The number of hydrogen-bond acceptors (Lipinski definition) is 5. The number of carbonyl (C=O) groups is 2. The van der Waals surface area contributed by atoms with Gasteiger partial charge in [-0.1, -0.05) is 13.8 Å². The van der Waals surface area contributed by atoms with Crippen LogP contribution in [0.2, 0.25) is 0 Å². The van der Waals surface area contributed by atoms with Gasteiger partial charge in [0.1, 0.15) is 11.5 Å². The molecule has 0 spiro atoms. The van der Waals surface area contributed by atoms with Gasteiger partial charge in [0.25, 0.3) is 0 Å². The molecule has 162 valence electrons. The van der Waals surface area contributed by atoms with Crippen molar-refractivity contribution in [3.05, 3.63) is 40.8 Å². The van der Waals surface area contributed by atoms with Crippen LogP contribution < -0.4 is 10.0 Å². The van der Waals surface area contributed by atoms with Gasteiger partial charge in [-0.25, -0.2) is 13.4 Å². The van der Waals surface area contributed by atoms with Crippen molar-refractivity contribution < 1.29 is 22.9 Å². The molecule has 1 atom stereocenters. The Labute approximate surface area is 176 Å². The summed E-state index contributed by atoms with van der Waals surface area (Å²) >= 11 is 0. The van der Waals surface area contributed by atoms with Crippen molar-refractivity contribution >= 4 is 29.0 Å². The van der Waals surface area contributed by atoms with Gasteiger partial charge in [0.05, 0.1) is 0 Å². The molecule has 2 amide bonds. The number of anilines is 1. The maximum atomic E-state index is 14.3. The first-order valence-electron chi connectivity index (χ1n) is 9.69. The van der Waals surface area contributed by atoms with E-state index in [-0.39, 0.29) is 28.4 Å². The Morgan fingerprint density at radius 3 is 2.63 bits per heavy atom. The summed E-state index contributed by atoms with van der Waals surface area (Å²) in [6, 6.07) is 3.50. The fraction of sp³-hybridized carbons (Fsp3) is 0.450.